The Morgan fingerprint density at radius 2 is 1.86 bits per heavy atom. The smallest absolute Gasteiger partial charge is 0.241 e. The molecular formula is C33H40N2O6S. The predicted octanol–water partition coefficient (Wildman–Crippen LogP) is 4.36. The molecule has 0 bridgehead atoms. The zero-order valence-corrected chi connectivity index (χ0v) is 25.4. The molecule has 0 unspecified atom stereocenters. The quantitative estimate of drug-likeness (QED) is 0.286. The normalized spacial score (nSPS) is 23.4. The Morgan fingerprint density at radius 1 is 1.12 bits per heavy atom. The van der Waals surface area contributed by atoms with Crippen LogP contribution in [0.4, 0.5) is 0 Å². The van der Waals surface area contributed by atoms with Crippen molar-refractivity contribution >= 4 is 26.7 Å². The van der Waals surface area contributed by atoms with Crippen LogP contribution in [0.25, 0.3) is 10.8 Å². The maximum atomic E-state index is 12.8. The zero-order chi connectivity index (χ0) is 29.9. The lowest BCUT2D eigenvalue weighted by atomic mass is 9.93. The maximum absolute atomic E-state index is 12.8. The van der Waals surface area contributed by atoms with Crippen LogP contribution in [0.3, 0.4) is 0 Å². The summed E-state index contributed by atoms with van der Waals surface area (Å²) in [6, 6.07) is 20.6. The molecule has 0 spiro atoms. The Balaban J connectivity index is 1.00. The lowest BCUT2D eigenvalue weighted by molar-refractivity contribution is -0.121. The van der Waals surface area contributed by atoms with E-state index < -0.39 is 32.7 Å². The average molecular weight is 593 g/mol. The number of hydrogen-bond acceptors (Lipinski definition) is 7. The van der Waals surface area contributed by atoms with Crippen molar-refractivity contribution in [2.24, 2.45) is 5.92 Å². The topological polar surface area (TPSA) is 114 Å². The van der Waals surface area contributed by atoms with Gasteiger partial charge in [-0.1, -0.05) is 60.7 Å². The average Bonchev–Trinajstić information content (AvgIpc) is 3.84. The standard InChI is InChI=1S/C33H40N2O6S/c1-20(40-19-24(36)18-34-32(2,3)17-21-12-13-22-8-5-6-9-23(22)16-21)25-10-7-11-26-27-28(30(27)41-29(25)26)31(37)35-42(38,39)33(4)14-15-33/h5-13,16,20,24,27-28,30,34,36H,14-15,17-19H2,1-4H3,(H,35,37)/t20-,24-,27+,28+,30+/m1/s1. The number of aliphatic hydroxyl groups excluding tert-OH is 1. The molecule has 224 valence electrons. The van der Waals surface area contributed by atoms with Crippen LogP contribution in [-0.2, 0) is 26.0 Å². The second-order valence-electron chi connectivity index (χ2n) is 13.1. The Labute approximate surface area is 247 Å². The number of carbonyl (C=O) groups excluding carboxylic acids is 1. The van der Waals surface area contributed by atoms with Gasteiger partial charge in [0.2, 0.25) is 15.9 Å². The number of β-amino-alcohol motifs (C(OH)–C–C–N with tert-alkyl or cyclic N) is 1. The van der Waals surface area contributed by atoms with Crippen molar-refractivity contribution in [2.45, 2.75) is 81.5 Å². The molecule has 2 saturated carbocycles. The van der Waals surface area contributed by atoms with Gasteiger partial charge < -0.3 is 19.9 Å². The number of para-hydroxylation sites is 1. The SMILES string of the molecule is C[C@@H](OC[C@H](O)CNC(C)(C)Cc1ccc2ccccc2c1)c1cccc2c1O[C@@H]1[C@@H](C(=O)NS(=O)(=O)C3(C)CC3)[C@H]21. The van der Waals surface area contributed by atoms with Crippen LogP contribution in [0, 0.1) is 5.92 Å². The molecule has 0 saturated heterocycles. The third-order valence-corrected chi connectivity index (χ3v) is 11.2. The van der Waals surface area contributed by atoms with E-state index in [9.17, 15) is 18.3 Å². The molecule has 9 heteroatoms. The van der Waals surface area contributed by atoms with Gasteiger partial charge in [-0.05, 0) is 63.3 Å². The van der Waals surface area contributed by atoms with E-state index in [0.717, 1.165) is 17.5 Å². The van der Waals surface area contributed by atoms with E-state index in [0.29, 0.717) is 25.1 Å². The van der Waals surface area contributed by atoms with Gasteiger partial charge in [0.1, 0.15) is 11.9 Å². The van der Waals surface area contributed by atoms with E-state index >= 15 is 0 Å². The molecule has 1 amide bonds. The summed E-state index contributed by atoms with van der Waals surface area (Å²) >= 11 is 0. The number of fused-ring (bicyclic) bond motifs is 4. The number of ether oxygens (including phenoxy) is 2. The van der Waals surface area contributed by atoms with Crippen molar-refractivity contribution in [3.63, 3.8) is 0 Å². The summed E-state index contributed by atoms with van der Waals surface area (Å²) in [6.07, 6.45) is 0.568. The van der Waals surface area contributed by atoms with Crippen LogP contribution in [0.2, 0.25) is 0 Å². The van der Waals surface area contributed by atoms with E-state index in [-0.39, 0.29) is 30.3 Å². The fourth-order valence-corrected chi connectivity index (χ4v) is 7.32. The number of rotatable bonds is 12. The van der Waals surface area contributed by atoms with E-state index in [1.165, 1.54) is 16.3 Å². The highest BCUT2D eigenvalue weighted by molar-refractivity contribution is 7.91. The van der Waals surface area contributed by atoms with E-state index in [1.54, 1.807) is 6.92 Å². The van der Waals surface area contributed by atoms with Gasteiger partial charge in [-0.2, -0.15) is 0 Å². The molecule has 2 fully saturated rings. The van der Waals surface area contributed by atoms with E-state index in [4.69, 9.17) is 9.47 Å². The van der Waals surface area contributed by atoms with Crippen molar-refractivity contribution in [3.8, 4) is 5.75 Å². The molecule has 42 heavy (non-hydrogen) atoms. The van der Waals surface area contributed by atoms with Gasteiger partial charge in [-0.3, -0.25) is 9.52 Å². The van der Waals surface area contributed by atoms with Gasteiger partial charge in [-0.25, -0.2) is 8.42 Å². The number of carbonyl (C=O) groups is 1. The Bertz CT molecular complexity index is 1620. The molecule has 2 aliphatic carbocycles. The number of hydrogen-bond donors (Lipinski definition) is 3. The van der Waals surface area contributed by atoms with E-state index in [2.05, 4.69) is 54.2 Å². The minimum atomic E-state index is -3.68. The fourth-order valence-electron chi connectivity index (χ4n) is 6.03. The first-order valence-corrected chi connectivity index (χ1v) is 16.2. The number of nitrogens with one attached hydrogen (secondary N) is 2. The van der Waals surface area contributed by atoms with Gasteiger partial charge in [0, 0.05) is 29.1 Å². The third-order valence-electron chi connectivity index (χ3n) is 9.04. The van der Waals surface area contributed by atoms with Crippen LogP contribution in [0.5, 0.6) is 5.75 Å². The van der Waals surface area contributed by atoms with Gasteiger partial charge in [0.05, 0.1) is 29.5 Å². The lowest BCUT2D eigenvalue weighted by Gasteiger charge is -2.28. The van der Waals surface area contributed by atoms with Gasteiger partial charge in [0.25, 0.3) is 0 Å². The number of aliphatic hydroxyl groups is 1. The highest BCUT2D eigenvalue weighted by atomic mass is 32.2. The van der Waals surface area contributed by atoms with Crippen LogP contribution >= 0.6 is 0 Å². The predicted molar refractivity (Wildman–Crippen MR) is 162 cm³/mol. The number of benzene rings is 3. The summed E-state index contributed by atoms with van der Waals surface area (Å²) in [5, 5.41) is 16.6. The first kappa shape index (κ1) is 29.1. The molecule has 6 rings (SSSR count). The van der Waals surface area contributed by atoms with Crippen LogP contribution in [0.1, 0.15) is 69.2 Å². The summed E-state index contributed by atoms with van der Waals surface area (Å²) in [7, 11) is -3.68. The first-order valence-electron chi connectivity index (χ1n) is 14.8. The fraction of sp³-hybridized carbons (Fsp3) is 0.485. The second kappa shape index (κ2) is 10.6. The Morgan fingerprint density at radius 3 is 2.60 bits per heavy atom. The molecule has 8 nitrogen and oxygen atoms in total. The molecule has 1 aliphatic heterocycles. The highest BCUT2D eigenvalue weighted by Crippen LogP contribution is 2.60. The second-order valence-corrected chi connectivity index (χ2v) is 15.3. The lowest BCUT2D eigenvalue weighted by Crippen LogP contribution is -2.46. The largest absolute Gasteiger partial charge is 0.488 e. The van der Waals surface area contributed by atoms with Crippen LogP contribution in [0.15, 0.2) is 60.7 Å². The van der Waals surface area contributed by atoms with Gasteiger partial charge in [-0.15, -0.1) is 0 Å². The van der Waals surface area contributed by atoms with Crippen molar-refractivity contribution < 1.29 is 27.8 Å². The van der Waals surface area contributed by atoms with Gasteiger partial charge in [0.15, 0.2) is 0 Å². The molecule has 3 aliphatic rings. The summed E-state index contributed by atoms with van der Waals surface area (Å²) in [5.41, 5.74) is 2.78. The summed E-state index contributed by atoms with van der Waals surface area (Å²) < 4.78 is 38.7. The zero-order valence-electron chi connectivity index (χ0n) is 24.6. The number of sulfonamides is 1. The Hall–Kier alpha value is -2.98. The molecule has 1 heterocycles. The minimum Gasteiger partial charge on any atom is -0.488 e. The molecule has 3 N–H and O–H groups in total. The molecule has 0 radical (unpaired) electrons. The molecule has 0 aromatic heterocycles. The highest BCUT2D eigenvalue weighted by Gasteiger charge is 2.64. The molecule has 3 aromatic carbocycles. The van der Waals surface area contributed by atoms with Crippen LogP contribution < -0.4 is 14.8 Å². The Kier molecular flexibility index (Phi) is 7.37. The number of amides is 1. The first-order chi connectivity index (χ1) is 19.9. The van der Waals surface area contributed by atoms with Crippen molar-refractivity contribution in [2.75, 3.05) is 13.2 Å². The summed E-state index contributed by atoms with van der Waals surface area (Å²) in [5.74, 6) is -0.455. The van der Waals surface area contributed by atoms with E-state index in [1.807, 2.05) is 37.3 Å². The summed E-state index contributed by atoms with van der Waals surface area (Å²) in [4.78, 5) is 12.8. The summed E-state index contributed by atoms with van der Waals surface area (Å²) in [6.45, 7) is 8.38. The third kappa shape index (κ3) is 5.67. The molecule has 3 aromatic rings. The maximum Gasteiger partial charge on any atom is 0.241 e. The monoisotopic (exact) mass is 592 g/mol. The van der Waals surface area contributed by atoms with Gasteiger partial charge >= 0.3 is 0 Å². The van der Waals surface area contributed by atoms with Crippen molar-refractivity contribution in [1.82, 2.24) is 10.0 Å². The van der Waals surface area contributed by atoms with Crippen molar-refractivity contribution in [3.05, 3.63) is 77.4 Å². The molecule has 5 atom stereocenters. The van der Waals surface area contributed by atoms with Crippen molar-refractivity contribution in [1.29, 1.82) is 0 Å². The van der Waals surface area contributed by atoms with Crippen LogP contribution in [-0.4, -0.2) is 55.1 Å². The minimum absolute atomic E-state index is 0.151. The molecular weight excluding hydrogens is 552 g/mol.